The summed E-state index contributed by atoms with van der Waals surface area (Å²) in [5.41, 5.74) is 6.60. The second-order valence-corrected chi connectivity index (χ2v) is 9.34. The number of nitrogens with zero attached hydrogens (tertiary/aromatic N) is 1. The molecule has 1 fully saturated rings. The first-order valence-electron chi connectivity index (χ1n) is 11.9. The van der Waals surface area contributed by atoms with Gasteiger partial charge in [-0.25, -0.2) is 0 Å². The maximum Gasteiger partial charge on any atom is 0.120 e. The first-order chi connectivity index (χ1) is 15.7. The molecule has 0 saturated carbocycles. The van der Waals surface area contributed by atoms with Crippen molar-refractivity contribution in [2.24, 2.45) is 5.92 Å². The second kappa shape index (κ2) is 9.20. The van der Waals surface area contributed by atoms with Gasteiger partial charge in [-0.05, 0) is 84.0 Å². The van der Waals surface area contributed by atoms with Crippen LogP contribution in [0.15, 0.2) is 72.8 Å². The molecule has 5 rings (SSSR count). The molecule has 1 N–H and O–H groups in total. The largest absolute Gasteiger partial charge is 0.508 e. The molecule has 3 nitrogen and oxygen atoms in total. The highest BCUT2D eigenvalue weighted by Crippen LogP contribution is 2.47. The minimum absolute atomic E-state index is 0.286. The Morgan fingerprint density at radius 1 is 0.875 bits per heavy atom. The summed E-state index contributed by atoms with van der Waals surface area (Å²) in [5, 5.41) is 10.0. The number of phenolic OH excluding ortho intramolecular Hbond substituents is 1. The first kappa shape index (κ1) is 20.8. The van der Waals surface area contributed by atoms with Crippen LogP contribution in [0.5, 0.6) is 5.75 Å². The van der Waals surface area contributed by atoms with E-state index in [1.165, 1.54) is 27.9 Å². The number of piperidine rings is 1. The van der Waals surface area contributed by atoms with E-state index in [0.29, 0.717) is 24.0 Å². The van der Waals surface area contributed by atoms with E-state index >= 15 is 0 Å². The van der Waals surface area contributed by atoms with Crippen LogP contribution in [0.1, 0.15) is 59.8 Å². The molecule has 0 unspecified atom stereocenters. The predicted octanol–water partition coefficient (Wildman–Crippen LogP) is 6.06. The zero-order valence-corrected chi connectivity index (χ0v) is 18.5. The molecular weight excluding hydrogens is 394 g/mol. The number of carbonyl (C=O) groups is 1. The average Bonchev–Trinajstić information content (AvgIpc) is 2.84. The van der Waals surface area contributed by atoms with Crippen LogP contribution in [-0.4, -0.2) is 24.5 Å². The van der Waals surface area contributed by atoms with Gasteiger partial charge in [-0.1, -0.05) is 48.5 Å². The van der Waals surface area contributed by atoms with E-state index in [-0.39, 0.29) is 5.92 Å². The van der Waals surface area contributed by atoms with Crippen LogP contribution < -0.4 is 4.90 Å². The fraction of sp³-hybridized carbons (Fsp3) is 0.345. The number of aldehydes is 1. The quantitative estimate of drug-likeness (QED) is 0.505. The molecule has 2 atom stereocenters. The van der Waals surface area contributed by atoms with Crippen molar-refractivity contribution >= 4 is 12.0 Å². The predicted molar refractivity (Wildman–Crippen MR) is 130 cm³/mol. The second-order valence-electron chi connectivity index (χ2n) is 9.34. The van der Waals surface area contributed by atoms with Gasteiger partial charge in [-0.2, -0.15) is 0 Å². The molecule has 1 heterocycles. The number of aryl methyl sites for hydroxylation is 1. The molecule has 1 aliphatic heterocycles. The SMILES string of the molecule is O=CCC1CCN(c2ccc([C@H]3c4ccc(O)cc4CC[C@H]3c3ccccc3)cc2)CC1. The Hall–Kier alpha value is -3.07. The maximum atomic E-state index is 10.8. The Kier molecular flexibility index (Phi) is 5.98. The van der Waals surface area contributed by atoms with E-state index in [4.69, 9.17) is 0 Å². The van der Waals surface area contributed by atoms with Crippen molar-refractivity contribution in [2.75, 3.05) is 18.0 Å². The molecular formula is C29H31NO2. The molecule has 0 radical (unpaired) electrons. The first-order valence-corrected chi connectivity index (χ1v) is 11.9. The van der Waals surface area contributed by atoms with E-state index in [1.54, 1.807) is 0 Å². The minimum Gasteiger partial charge on any atom is -0.508 e. The molecule has 3 heteroatoms. The highest BCUT2D eigenvalue weighted by atomic mass is 16.3. The summed E-state index contributed by atoms with van der Waals surface area (Å²) in [5.74, 6) is 1.62. The van der Waals surface area contributed by atoms with E-state index in [1.807, 2.05) is 12.1 Å². The van der Waals surface area contributed by atoms with E-state index in [0.717, 1.165) is 45.1 Å². The van der Waals surface area contributed by atoms with Crippen LogP contribution in [0.2, 0.25) is 0 Å². The summed E-state index contributed by atoms with van der Waals surface area (Å²) in [4.78, 5) is 13.3. The van der Waals surface area contributed by atoms with E-state index < -0.39 is 0 Å². The Bertz CT molecular complexity index is 1050. The minimum atomic E-state index is 0.286. The zero-order valence-electron chi connectivity index (χ0n) is 18.5. The Balaban J connectivity index is 1.44. The number of carbonyl (C=O) groups excluding carboxylic acids is 1. The number of fused-ring (bicyclic) bond motifs is 1. The van der Waals surface area contributed by atoms with E-state index in [2.05, 4.69) is 65.6 Å². The number of anilines is 1. The van der Waals surface area contributed by atoms with Gasteiger partial charge < -0.3 is 14.8 Å². The van der Waals surface area contributed by atoms with Crippen molar-refractivity contribution in [3.8, 4) is 5.75 Å². The number of aromatic hydroxyl groups is 1. The number of hydrogen-bond acceptors (Lipinski definition) is 3. The fourth-order valence-corrected chi connectivity index (χ4v) is 5.73. The monoisotopic (exact) mass is 425 g/mol. The van der Waals surface area contributed by atoms with Crippen molar-refractivity contribution in [2.45, 2.75) is 43.9 Å². The highest BCUT2D eigenvalue weighted by molar-refractivity contribution is 5.53. The molecule has 164 valence electrons. The molecule has 1 saturated heterocycles. The number of hydrogen-bond donors (Lipinski definition) is 1. The standard InChI is InChI=1S/C29H31NO2/c31-19-16-21-14-17-30(18-15-21)25-9-6-23(7-10-25)29-27(22-4-2-1-3-5-22)12-8-24-20-26(32)11-13-28(24)29/h1-7,9-11,13,19-21,27,29,32H,8,12,14-18H2/t27-,29+/m0/s1. The third kappa shape index (κ3) is 4.17. The van der Waals surface area contributed by atoms with Crippen molar-refractivity contribution in [1.82, 2.24) is 0 Å². The zero-order chi connectivity index (χ0) is 21.9. The number of benzene rings is 3. The lowest BCUT2D eigenvalue weighted by Gasteiger charge is -2.36. The molecule has 0 spiro atoms. The van der Waals surface area contributed by atoms with Crippen molar-refractivity contribution in [3.63, 3.8) is 0 Å². The van der Waals surface area contributed by atoms with Crippen LogP contribution in [0, 0.1) is 5.92 Å². The van der Waals surface area contributed by atoms with Gasteiger partial charge in [0.05, 0.1) is 0 Å². The van der Waals surface area contributed by atoms with Crippen molar-refractivity contribution in [3.05, 3.63) is 95.1 Å². The molecule has 0 amide bonds. The summed E-state index contributed by atoms with van der Waals surface area (Å²) >= 11 is 0. The lowest BCUT2D eigenvalue weighted by Crippen LogP contribution is -2.33. The molecule has 0 aromatic heterocycles. The number of phenols is 1. The lowest BCUT2D eigenvalue weighted by molar-refractivity contribution is -0.108. The molecule has 3 aromatic carbocycles. The Labute approximate surface area is 190 Å². The molecule has 1 aliphatic carbocycles. The summed E-state index contributed by atoms with van der Waals surface area (Å²) in [6, 6.07) is 25.9. The summed E-state index contributed by atoms with van der Waals surface area (Å²) < 4.78 is 0. The third-order valence-corrected chi connectivity index (χ3v) is 7.48. The maximum absolute atomic E-state index is 10.8. The Morgan fingerprint density at radius 2 is 1.62 bits per heavy atom. The smallest absolute Gasteiger partial charge is 0.120 e. The van der Waals surface area contributed by atoms with Gasteiger partial charge in [0, 0.05) is 31.1 Å². The van der Waals surface area contributed by atoms with Crippen molar-refractivity contribution < 1.29 is 9.90 Å². The van der Waals surface area contributed by atoms with Crippen LogP contribution in [0.4, 0.5) is 5.69 Å². The van der Waals surface area contributed by atoms with Gasteiger partial charge in [0.15, 0.2) is 0 Å². The van der Waals surface area contributed by atoms with Gasteiger partial charge in [-0.15, -0.1) is 0 Å². The van der Waals surface area contributed by atoms with Gasteiger partial charge in [-0.3, -0.25) is 0 Å². The van der Waals surface area contributed by atoms with Gasteiger partial charge >= 0.3 is 0 Å². The molecule has 32 heavy (non-hydrogen) atoms. The fourth-order valence-electron chi connectivity index (χ4n) is 5.73. The van der Waals surface area contributed by atoms with Crippen LogP contribution >= 0.6 is 0 Å². The number of rotatable bonds is 5. The normalized spacial score (nSPS) is 21.2. The lowest BCUT2D eigenvalue weighted by atomic mass is 9.69. The van der Waals surface area contributed by atoms with Gasteiger partial charge in [0.1, 0.15) is 12.0 Å². The van der Waals surface area contributed by atoms with Gasteiger partial charge in [0.2, 0.25) is 0 Å². The highest BCUT2D eigenvalue weighted by Gasteiger charge is 2.32. The van der Waals surface area contributed by atoms with Crippen LogP contribution in [0.25, 0.3) is 0 Å². The topological polar surface area (TPSA) is 40.5 Å². The van der Waals surface area contributed by atoms with Crippen LogP contribution in [-0.2, 0) is 11.2 Å². The summed E-state index contributed by atoms with van der Waals surface area (Å²) in [6.07, 6.45) is 6.03. The van der Waals surface area contributed by atoms with Gasteiger partial charge in [0.25, 0.3) is 0 Å². The summed E-state index contributed by atoms with van der Waals surface area (Å²) in [7, 11) is 0. The van der Waals surface area contributed by atoms with Crippen LogP contribution in [0.3, 0.4) is 0 Å². The average molecular weight is 426 g/mol. The third-order valence-electron chi connectivity index (χ3n) is 7.48. The molecule has 3 aromatic rings. The summed E-state index contributed by atoms with van der Waals surface area (Å²) in [6.45, 7) is 2.05. The van der Waals surface area contributed by atoms with E-state index in [9.17, 15) is 9.90 Å². The van der Waals surface area contributed by atoms with Crippen molar-refractivity contribution in [1.29, 1.82) is 0 Å². The Morgan fingerprint density at radius 3 is 2.34 bits per heavy atom. The molecule has 0 bridgehead atoms. The molecule has 2 aliphatic rings.